The highest BCUT2D eigenvalue weighted by molar-refractivity contribution is 5.87. The van der Waals surface area contributed by atoms with Crippen molar-refractivity contribution in [2.75, 3.05) is 7.11 Å². The van der Waals surface area contributed by atoms with E-state index in [2.05, 4.69) is 10.1 Å². The average molecular weight is 189 g/mol. The molecule has 0 heterocycles. The first-order chi connectivity index (χ1) is 6.02. The number of nitrogens with one attached hydrogen (secondary N) is 1. The molecule has 5 heteroatoms. The third-order valence-electron chi connectivity index (χ3n) is 1.64. The van der Waals surface area contributed by atoms with Gasteiger partial charge in [0.15, 0.2) is 5.78 Å². The van der Waals surface area contributed by atoms with Crippen LogP contribution < -0.4 is 5.32 Å². The summed E-state index contributed by atoms with van der Waals surface area (Å²) in [5, 5.41) is 11.4. The van der Waals surface area contributed by atoms with Crippen LogP contribution in [-0.2, 0) is 9.53 Å². The lowest BCUT2D eigenvalue weighted by molar-refractivity contribution is -0.122. The van der Waals surface area contributed by atoms with Gasteiger partial charge in [-0.2, -0.15) is 0 Å². The summed E-state index contributed by atoms with van der Waals surface area (Å²) in [5.41, 5.74) is 0. The monoisotopic (exact) mass is 189 g/mol. The molecule has 0 aliphatic carbocycles. The van der Waals surface area contributed by atoms with Crippen LogP contribution in [0, 0.1) is 0 Å². The Morgan fingerprint density at radius 3 is 2.38 bits per heavy atom. The first-order valence-electron chi connectivity index (χ1n) is 4.08. The van der Waals surface area contributed by atoms with Crippen LogP contribution in [-0.4, -0.2) is 36.2 Å². The van der Waals surface area contributed by atoms with Crippen LogP contribution in [0.1, 0.15) is 20.3 Å². The van der Waals surface area contributed by atoms with Gasteiger partial charge in [-0.15, -0.1) is 0 Å². The molecule has 0 rings (SSSR count). The minimum absolute atomic E-state index is 0.222. The maximum atomic E-state index is 11.2. The third kappa shape index (κ3) is 3.89. The van der Waals surface area contributed by atoms with E-state index in [0.29, 0.717) is 0 Å². The number of carbonyl (C=O) groups is 2. The second kappa shape index (κ2) is 5.53. The van der Waals surface area contributed by atoms with Crippen molar-refractivity contribution in [3.63, 3.8) is 0 Å². The first kappa shape index (κ1) is 11.9. The molecule has 2 N–H and O–H groups in total. The summed E-state index contributed by atoms with van der Waals surface area (Å²) in [6.07, 6.45) is -1.36. The Hall–Kier alpha value is -1.10. The molecule has 0 fully saturated rings. The van der Waals surface area contributed by atoms with Crippen molar-refractivity contribution < 1.29 is 19.4 Å². The lowest BCUT2D eigenvalue weighted by Gasteiger charge is -2.18. The zero-order chi connectivity index (χ0) is 10.4. The minimum Gasteiger partial charge on any atom is -0.453 e. The van der Waals surface area contributed by atoms with Crippen molar-refractivity contribution in [3.05, 3.63) is 0 Å². The minimum atomic E-state index is -0.911. The van der Waals surface area contributed by atoms with Gasteiger partial charge in [-0.3, -0.25) is 4.79 Å². The van der Waals surface area contributed by atoms with Crippen LogP contribution in [0.5, 0.6) is 0 Å². The van der Waals surface area contributed by atoms with Crippen LogP contribution in [0.25, 0.3) is 0 Å². The molecule has 13 heavy (non-hydrogen) atoms. The third-order valence-corrected chi connectivity index (χ3v) is 1.64. The predicted octanol–water partition coefficient (Wildman–Crippen LogP) is 0.0709. The second-order valence-corrected chi connectivity index (χ2v) is 2.67. The van der Waals surface area contributed by atoms with Crippen molar-refractivity contribution in [2.45, 2.75) is 32.4 Å². The van der Waals surface area contributed by atoms with Gasteiger partial charge in [0, 0.05) is 6.42 Å². The predicted molar refractivity (Wildman–Crippen MR) is 46.3 cm³/mol. The number of ether oxygens (including phenoxy) is 1. The molecule has 0 spiro atoms. The summed E-state index contributed by atoms with van der Waals surface area (Å²) in [4.78, 5) is 21.9. The van der Waals surface area contributed by atoms with Crippen molar-refractivity contribution in [1.82, 2.24) is 5.32 Å². The Labute approximate surface area is 77.1 Å². The summed E-state index contributed by atoms with van der Waals surface area (Å²) in [6, 6.07) is -0.877. The van der Waals surface area contributed by atoms with Crippen LogP contribution >= 0.6 is 0 Å². The van der Waals surface area contributed by atoms with E-state index >= 15 is 0 Å². The summed E-state index contributed by atoms with van der Waals surface area (Å²) in [7, 11) is 1.20. The number of rotatable bonds is 4. The molecular formula is C8H15NO4. The van der Waals surface area contributed by atoms with Crippen molar-refractivity contribution in [2.24, 2.45) is 0 Å². The van der Waals surface area contributed by atoms with Gasteiger partial charge < -0.3 is 15.2 Å². The van der Waals surface area contributed by atoms with E-state index in [1.54, 1.807) is 6.92 Å². The maximum Gasteiger partial charge on any atom is 0.407 e. The highest BCUT2D eigenvalue weighted by atomic mass is 16.5. The molecule has 0 bridgehead atoms. The van der Waals surface area contributed by atoms with Gasteiger partial charge >= 0.3 is 6.09 Å². The molecule has 5 nitrogen and oxygen atoms in total. The lowest BCUT2D eigenvalue weighted by atomic mass is 10.1. The Bertz CT molecular complexity index is 191. The standard InChI is InChI=1S/C8H15NO4/c1-4-6(11)7(5(2)10)9-8(12)13-3/h5,7,10H,4H2,1-3H3,(H,9,12)/t5-,7-/m0/s1. The summed E-state index contributed by atoms with van der Waals surface area (Å²) < 4.78 is 4.31. The Morgan fingerprint density at radius 2 is 2.08 bits per heavy atom. The molecule has 0 aromatic rings. The highest BCUT2D eigenvalue weighted by Crippen LogP contribution is 1.98. The summed E-state index contributed by atoms with van der Waals surface area (Å²) in [5.74, 6) is -0.222. The number of aliphatic hydroxyl groups is 1. The van der Waals surface area contributed by atoms with Gasteiger partial charge in [0.05, 0.1) is 13.2 Å². The average Bonchev–Trinajstić information content (AvgIpc) is 2.11. The van der Waals surface area contributed by atoms with E-state index in [4.69, 9.17) is 5.11 Å². The number of methoxy groups -OCH3 is 1. The molecule has 0 unspecified atom stereocenters. The SMILES string of the molecule is CCC(=O)[C@@H](NC(=O)OC)[C@H](C)O. The number of carbonyl (C=O) groups excluding carboxylic acids is 2. The number of amides is 1. The van der Waals surface area contributed by atoms with Crippen LogP contribution in [0.4, 0.5) is 4.79 Å². The maximum absolute atomic E-state index is 11.2. The molecule has 1 amide bonds. The molecule has 0 saturated heterocycles. The molecule has 2 atom stereocenters. The van der Waals surface area contributed by atoms with Crippen molar-refractivity contribution in [1.29, 1.82) is 0 Å². The molecule has 0 aliphatic heterocycles. The van der Waals surface area contributed by atoms with Crippen LogP contribution in [0.2, 0.25) is 0 Å². The van der Waals surface area contributed by atoms with Crippen molar-refractivity contribution >= 4 is 11.9 Å². The fourth-order valence-corrected chi connectivity index (χ4v) is 0.876. The molecule has 0 aromatic heterocycles. The Kier molecular flexibility index (Phi) is 5.06. The van der Waals surface area contributed by atoms with E-state index in [1.165, 1.54) is 14.0 Å². The van der Waals surface area contributed by atoms with Gasteiger partial charge in [0.1, 0.15) is 6.04 Å². The molecule has 0 aliphatic rings. The molecule has 0 aromatic carbocycles. The smallest absolute Gasteiger partial charge is 0.407 e. The molecule has 76 valence electrons. The highest BCUT2D eigenvalue weighted by Gasteiger charge is 2.23. The normalized spacial score (nSPS) is 14.5. The van der Waals surface area contributed by atoms with E-state index in [0.717, 1.165) is 0 Å². The lowest BCUT2D eigenvalue weighted by Crippen LogP contribution is -2.47. The summed E-state index contributed by atoms with van der Waals surface area (Å²) >= 11 is 0. The zero-order valence-electron chi connectivity index (χ0n) is 8.03. The van der Waals surface area contributed by atoms with E-state index in [-0.39, 0.29) is 12.2 Å². The van der Waals surface area contributed by atoms with Gasteiger partial charge in [0.2, 0.25) is 0 Å². The number of hydrogen-bond donors (Lipinski definition) is 2. The fourth-order valence-electron chi connectivity index (χ4n) is 0.876. The largest absolute Gasteiger partial charge is 0.453 e. The number of hydrogen-bond acceptors (Lipinski definition) is 4. The van der Waals surface area contributed by atoms with Gasteiger partial charge in [-0.1, -0.05) is 6.92 Å². The number of alkyl carbamates (subject to hydrolysis) is 1. The van der Waals surface area contributed by atoms with E-state index in [1.807, 2.05) is 0 Å². The topological polar surface area (TPSA) is 75.6 Å². The number of Topliss-reactive ketones (excluding diaryl/α,β-unsaturated/α-hetero) is 1. The quantitative estimate of drug-likeness (QED) is 0.656. The van der Waals surface area contributed by atoms with E-state index in [9.17, 15) is 9.59 Å². The molecule has 0 saturated carbocycles. The van der Waals surface area contributed by atoms with Crippen LogP contribution in [0.3, 0.4) is 0 Å². The Balaban J connectivity index is 4.26. The van der Waals surface area contributed by atoms with Gasteiger partial charge in [0.25, 0.3) is 0 Å². The van der Waals surface area contributed by atoms with E-state index < -0.39 is 18.2 Å². The van der Waals surface area contributed by atoms with Gasteiger partial charge in [-0.05, 0) is 6.92 Å². The molecular weight excluding hydrogens is 174 g/mol. The van der Waals surface area contributed by atoms with Crippen molar-refractivity contribution in [3.8, 4) is 0 Å². The van der Waals surface area contributed by atoms with Gasteiger partial charge in [-0.25, -0.2) is 4.79 Å². The summed E-state index contributed by atoms with van der Waals surface area (Å²) in [6.45, 7) is 3.10. The zero-order valence-corrected chi connectivity index (χ0v) is 8.03. The fraction of sp³-hybridized carbons (Fsp3) is 0.750. The number of aliphatic hydroxyl groups excluding tert-OH is 1. The second-order valence-electron chi connectivity index (χ2n) is 2.67. The van der Waals surface area contributed by atoms with Crippen LogP contribution in [0.15, 0.2) is 0 Å². The molecule has 0 radical (unpaired) electrons. The number of ketones is 1. The Morgan fingerprint density at radius 1 is 1.54 bits per heavy atom. The first-order valence-corrected chi connectivity index (χ1v) is 4.08.